The number of carbonyl (C=O) groups is 2. The van der Waals surface area contributed by atoms with Crippen molar-refractivity contribution < 1.29 is 9.59 Å². The van der Waals surface area contributed by atoms with E-state index in [9.17, 15) is 9.59 Å². The van der Waals surface area contributed by atoms with Gasteiger partial charge in [-0.05, 0) is 36.2 Å². The van der Waals surface area contributed by atoms with Gasteiger partial charge in [-0.15, -0.1) is 0 Å². The van der Waals surface area contributed by atoms with Crippen LogP contribution >= 0.6 is 0 Å². The van der Waals surface area contributed by atoms with Crippen LogP contribution in [0.3, 0.4) is 0 Å². The summed E-state index contributed by atoms with van der Waals surface area (Å²) in [7, 11) is 1.76. The summed E-state index contributed by atoms with van der Waals surface area (Å²) in [6, 6.07) is 13.1. The van der Waals surface area contributed by atoms with E-state index in [4.69, 9.17) is 0 Å². The highest BCUT2D eigenvalue weighted by atomic mass is 16.2. The fraction of sp³-hybridized carbons (Fsp3) is 0.176. The van der Waals surface area contributed by atoms with Crippen LogP contribution in [-0.4, -0.2) is 18.9 Å². The topological polar surface area (TPSA) is 49.4 Å². The molecule has 106 valence electrons. The van der Waals surface area contributed by atoms with E-state index in [1.807, 2.05) is 37.3 Å². The van der Waals surface area contributed by atoms with E-state index in [2.05, 4.69) is 5.32 Å². The third-order valence-corrected chi connectivity index (χ3v) is 3.76. The molecule has 0 atom stereocenters. The number of fused-ring (bicyclic) bond motifs is 1. The number of nitrogens with one attached hydrogen (secondary N) is 1. The van der Waals surface area contributed by atoms with Crippen molar-refractivity contribution in [2.75, 3.05) is 17.3 Å². The summed E-state index contributed by atoms with van der Waals surface area (Å²) in [4.78, 5) is 25.6. The van der Waals surface area contributed by atoms with Crippen LogP contribution in [-0.2, 0) is 11.2 Å². The van der Waals surface area contributed by atoms with Gasteiger partial charge in [0, 0.05) is 24.0 Å². The van der Waals surface area contributed by atoms with Gasteiger partial charge in [0.25, 0.3) is 5.91 Å². The second-order valence-corrected chi connectivity index (χ2v) is 5.25. The largest absolute Gasteiger partial charge is 0.326 e. The molecular formula is C17H16N2O2. The first-order valence-electron chi connectivity index (χ1n) is 6.83. The van der Waals surface area contributed by atoms with Gasteiger partial charge in [0.1, 0.15) is 0 Å². The van der Waals surface area contributed by atoms with E-state index in [0.29, 0.717) is 12.0 Å². The molecule has 0 fully saturated rings. The van der Waals surface area contributed by atoms with Gasteiger partial charge in [-0.1, -0.05) is 24.3 Å². The Bertz CT molecular complexity index is 737. The van der Waals surface area contributed by atoms with Crippen molar-refractivity contribution in [1.29, 1.82) is 0 Å². The molecule has 2 aromatic carbocycles. The number of para-hydroxylation sites is 1. The Labute approximate surface area is 123 Å². The molecule has 2 amide bonds. The van der Waals surface area contributed by atoms with Crippen molar-refractivity contribution in [3.63, 3.8) is 0 Å². The third kappa shape index (κ3) is 2.40. The van der Waals surface area contributed by atoms with Gasteiger partial charge in [-0.25, -0.2) is 0 Å². The fourth-order valence-electron chi connectivity index (χ4n) is 2.59. The molecular weight excluding hydrogens is 264 g/mol. The molecule has 0 saturated heterocycles. The van der Waals surface area contributed by atoms with E-state index in [1.165, 1.54) is 0 Å². The molecule has 21 heavy (non-hydrogen) atoms. The molecule has 0 aromatic heterocycles. The quantitative estimate of drug-likeness (QED) is 0.919. The normalized spacial score (nSPS) is 12.8. The van der Waals surface area contributed by atoms with Crippen molar-refractivity contribution in [3.05, 3.63) is 59.2 Å². The molecule has 1 heterocycles. The summed E-state index contributed by atoms with van der Waals surface area (Å²) in [5.74, 6) is -0.116. The molecule has 4 heteroatoms. The number of hydrogen-bond acceptors (Lipinski definition) is 2. The first kappa shape index (κ1) is 13.4. The van der Waals surface area contributed by atoms with Gasteiger partial charge in [-0.2, -0.15) is 0 Å². The average molecular weight is 280 g/mol. The minimum Gasteiger partial charge on any atom is -0.326 e. The standard InChI is InChI=1S/C17H16N2O2/c1-11-5-3-4-6-15(11)19(2)17(21)13-8-7-12-10-16(20)18-14(12)9-13/h3-9H,10H2,1-2H3,(H,18,20). The Balaban J connectivity index is 1.91. The van der Waals surface area contributed by atoms with Crippen molar-refractivity contribution >= 4 is 23.2 Å². The van der Waals surface area contributed by atoms with Gasteiger partial charge in [0.2, 0.25) is 5.91 Å². The number of amides is 2. The van der Waals surface area contributed by atoms with Crippen molar-refractivity contribution in [1.82, 2.24) is 0 Å². The number of rotatable bonds is 2. The highest BCUT2D eigenvalue weighted by molar-refractivity contribution is 6.08. The Morgan fingerprint density at radius 2 is 1.95 bits per heavy atom. The van der Waals surface area contributed by atoms with E-state index < -0.39 is 0 Å². The zero-order chi connectivity index (χ0) is 15.0. The highest BCUT2D eigenvalue weighted by Crippen LogP contribution is 2.26. The van der Waals surface area contributed by atoms with E-state index in [-0.39, 0.29) is 11.8 Å². The lowest BCUT2D eigenvalue weighted by molar-refractivity contribution is -0.115. The minimum absolute atomic E-state index is 0.0261. The fourth-order valence-corrected chi connectivity index (χ4v) is 2.59. The maximum absolute atomic E-state index is 12.6. The zero-order valence-corrected chi connectivity index (χ0v) is 12.0. The molecule has 0 spiro atoms. The van der Waals surface area contributed by atoms with Crippen LogP contribution in [0.2, 0.25) is 0 Å². The summed E-state index contributed by atoms with van der Waals surface area (Å²) in [5.41, 5.74) is 4.18. The summed E-state index contributed by atoms with van der Waals surface area (Å²) in [5, 5.41) is 2.77. The SMILES string of the molecule is Cc1ccccc1N(C)C(=O)c1ccc2c(c1)NC(=O)C2. The Hall–Kier alpha value is -2.62. The molecule has 1 aliphatic rings. The zero-order valence-electron chi connectivity index (χ0n) is 12.0. The number of aryl methyl sites for hydroxylation is 1. The number of hydrogen-bond donors (Lipinski definition) is 1. The van der Waals surface area contributed by atoms with Crippen LogP contribution in [0.15, 0.2) is 42.5 Å². The van der Waals surface area contributed by atoms with E-state index in [1.54, 1.807) is 24.1 Å². The first-order valence-corrected chi connectivity index (χ1v) is 6.83. The number of carbonyl (C=O) groups excluding carboxylic acids is 2. The Morgan fingerprint density at radius 1 is 1.19 bits per heavy atom. The van der Waals surface area contributed by atoms with E-state index in [0.717, 1.165) is 22.5 Å². The molecule has 1 N–H and O–H groups in total. The lowest BCUT2D eigenvalue weighted by atomic mass is 10.1. The summed E-state index contributed by atoms with van der Waals surface area (Å²) in [6.45, 7) is 1.97. The van der Waals surface area contributed by atoms with Crippen molar-refractivity contribution in [2.24, 2.45) is 0 Å². The summed E-state index contributed by atoms with van der Waals surface area (Å²) in [6.07, 6.45) is 0.386. The first-order chi connectivity index (χ1) is 10.1. The lowest BCUT2D eigenvalue weighted by Gasteiger charge is -2.19. The molecule has 2 aromatic rings. The smallest absolute Gasteiger partial charge is 0.258 e. The Kier molecular flexibility index (Phi) is 3.22. The van der Waals surface area contributed by atoms with Crippen LogP contribution in [0.1, 0.15) is 21.5 Å². The molecule has 0 aliphatic carbocycles. The maximum Gasteiger partial charge on any atom is 0.258 e. The second-order valence-electron chi connectivity index (χ2n) is 5.25. The Morgan fingerprint density at radius 3 is 2.71 bits per heavy atom. The molecule has 0 radical (unpaired) electrons. The molecule has 0 saturated carbocycles. The van der Waals surface area contributed by atoms with Gasteiger partial charge in [0.05, 0.1) is 6.42 Å². The van der Waals surface area contributed by atoms with Crippen LogP contribution in [0.5, 0.6) is 0 Å². The van der Waals surface area contributed by atoms with Gasteiger partial charge in [0.15, 0.2) is 0 Å². The van der Waals surface area contributed by atoms with Crippen molar-refractivity contribution in [3.8, 4) is 0 Å². The predicted octanol–water partition coefficient (Wildman–Crippen LogP) is 2.77. The molecule has 0 bridgehead atoms. The average Bonchev–Trinajstić information content (AvgIpc) is 2.85. The lowest BCUT2D eigenvalue weighted by Crippen LogP contribution is -2.26. The molecule has 1 aliphatic heterocycles. The molecule has 0 unspecified atom stereocenters. The van der Waals surface area contributed by atoms with Gasteiger partial charge >= 0.3 is 0 Å². The molecule has 3 rings (SSSR count). The van der Waals surface area contributed by atoms with Crippen LogP contribution in [0.4, 0.5) is 11.4 Å². The third-order valence-electron chi connectivity index (χ3n) is 3.76. The summed E-state index contributed by atoms with van der Waals surface area (Å²) < 4.78 is 0. The van der Waals surface area contributed by atoms with Gasteiger partial charge < -0.3 is 10.2 Å². The van der Waals surface area contributed by atoms with Crippen LogP contribution in [0, 0.1) is 6.92 Å². The summed E-state index contributed by atoms with van der Waals surface area (Å²) >= 11 is 0. The van der Waals surface area contributed by atoms with Crippen LogP contribution in [0.25, 0.3) is 0 Å². The predicted molar refractivity (Wildman–Crippen MR) is 82.7 cm³/mol. The van der Waals surface area contributed by atoms with Crippen molar-refractivity contribution in [2.45, 2.75) is 13.3 Å². The molecule has 4 nitrogen and oxygen atoms in total. The number of benzene rings is 2. The van der Waals surface area contributed by atoms with E-state index >= 15 is 0 Å². The number of anilines is 2. The monoisotopic (exact) mass is 280 g/mol. The second kappa shape index (κ2) is 5.05. The van der Waals surface area contributed by atoms with Gasteiger partial charge in [-0.3, -0.25) is 9.59 Å². The van der Waals surface area contributed by atoms with Crippen LogP contribution < -0.4 is 10.2 Å². The highest BCUT2D eigenvalue weighted by Gasteiger charge is 2.21. The number of nitrogens with zero attached hydrogens (tertiary/aromatic N) is 1. The minimum atomic E-state index is -0.0896. The maximum atomic E-state index is 12.6.